The number of aliphatic carboxylic acids is 2. The lowest BCUT2D eigenvalue weighted by Crippen LogP contribution is -2.32. The van der Waals surface area contributed by atoms with Gasteiger partial charge >= 0.3 is 11.9 Å². The number of rotatable bonds is 7. The molecule has 0 aliphatic carbocycles. The molecular weight excluding hydrogens is 333 g/mol. The summed E-state index contributed by atoms with van der Waals surface area (Å²) in [5, 5.41) is 14.8. The highest BCUT2D eigenvalue weighted by Crippen LogP contribution is 2.14. The number of carboxylic acids is 2. The third-order valence-electron chi connectivity index (χ3n) is 3.51. The van der Waals surface area contributed by atoms with Crippen LogP contribution >= 0.6 is 0 Å². The van der Waals surface area contributed by atoms with Crippen molar-refractivity contribution in [2.24, 2.45) is 0 Å². The zero-order valence-electron chi connectivity index (χ0n) is 14.0. The van der Waals surface area contributed by atoms with E-state index in [1.807, 2.05) is 0 Å². The molecule has 7 nitrogen and oxygen atoms in total. The van der Waals surface area contributed by atoms with E-state index in [0.717, 1.165) is 13.2 Å². The SMILES string of the molecule is Fc1ccccc1OCCOCCN1CCCCC1.O=C(O)C(=O)O. The second-order valence-electron chi connectivity index (χ2n) is 5.40. The quantitative estimate of drug-likeness (QED) is 0.568. The Kier molecular flexibility index (Phi) is 10.2. The molecule has 1 aliphatic heterocycles. The van der Waals surface area contributed by atoms with E-state index in [4.69, 9.17) is 29.3 Å². The van der Waals surface area contributed by atoms with Gasteiger partial charge in [-0.2, -0.15) is 0 Å². The Labute approximate surface area is 146 Å². The first-order chi connectivity index (χ1) is 12.0. The van der Waals surface area contributed by atoms with Crippen molar-refractivity contribution in [1.29, 1.82) is 0 Å². The molecule has 1 aliphatic rings. The first-order valence-corrected chi connectivity index (χ1v) is 8.14. The van der Waals surface area contributed by atoms with Crippen molar-refractivity contribution in [1.82, 2.24) is 4.90 Å². The number of piperidine rings is 1. The molecule has 0 atom stereocenters. The molecule has 1 heterocycles. The van der Waals surface area contributed by atoms with Gasteiger partial charge in [-0.1, -0.05) is 18.6 Å². The van der Waals surface area contributed by atoms with Crippen LogP contribution in [0.1, 0.15) is 19.3 Å². The van der Waals surface area contributed by atoms with Crippen molar-refractivity contribution in [2.45, 2.75) is 19.3 Å². The Bertz CT molecular complexity index is 522. The van der Waals surface area contributed by atoms with Crippen LogP contribution < -0.4 is 4.74 Å². The summed E-state index contributed by atoms with van der Waals surface area (Å²) in [7, 11) is 0. The number of para-hydroxylation sites is 1. The highest BCUT2D eigenvalue weighted by Gasteiger charge is 2.09. The van der Waals surface area contributed by atoms with Crippen molar-refractivity contribution < 1.29 is 33.7 Å². The fourth-order valence-electron chi connectivity index (χ4n) is 2.25. The monoisotopic (exact) mass is 357 g/mol. The predicted octanol–water partition coefficient (Wildman–Crippen LogP) is 1.86. The summed E-state index contributed by atoms with van der Waals surface area (Å²) in [6.07, 6.45) is 3.96. The van der Waals surface area contributed by atoms with Crippen LogP contribution in [0.15, 0.2) is 24.3 Å². The van der Waals surface area contributed by atoms with Gasteiger partial charge in [0.05, 0.1) is 13.2 Å². The Balaban J connectivity index is 0.000000450. The molecule has 1 saturated heterocycles. The minimum atomic E-state index is -1.82. The van der Waals surface area contributed by atoms with E-state index in [2.05, 4.69) is 4.90 Å². The molecule has 8 heteroatoms. The Morgan fingerprint density at radius 2 is 1.64 bits per heavy atom. The fraction of sp³-hybridized carbons (Fsp3) is 0.529. The minimum Gasteiger partial charge on any atom is -0.488 e. The number of benzene rings is 1. The number of hydrogen-bond acceptors (Lipinski definition) is 5. The summed E-state index contributed by atoms with van der Waals surface area (Å²) in [5.41, 5.74) is 0. The fourth-order valence-corrected chi connectivity index (χ4v) is 2.25. The minimum absolute atomic E-state index is 0.294. The van der Waals surface area contributed by atoms with Crippen LogP contribution in [0.4, 0.5) is 4.39 Å². The third kappa shape index (κ3) is 9.63. The highest BCUT2D eigenvalue weighted by atomic mass is 19.1. The number of nitrogens with zero attached hydrogens (tertiary/aromatic N) is 1. The number of halogens is 1. The van der Waals surface area contributed by atoms with E-state index >= 15 is 0 Å². The van der Waals surface area contributed by atoms with Gasteiger partial charge < -0.3 is 24.6 Å². The van der Waals surface area contributed by atoms with Crippen LogP contribution in [0.2, 0.25) is 0 Å². The maximum absolute atomic E-state index is 13.2. The number of ether oxygens (including phenoxy) is 2. The molecule has 0 bridgehead atoms. The van der Waals surface area contributed by atoms with E-state index in [1.165, 1.54) is 38.4 Å². The number of carboxylic acid groups (broad SMARTS) is 2. The predicted molar refractivity (Wildman–Crippen MR) is 88.3 cm³/mol. The van der Waals surface area contributed by atoms with Crippen molar-refractivity contribution >= 4 is 11.9 Å². The van der Waals surface area contributed by atoms with E-state index in [-0.39, 0.29) is 5.82 Å². The van der Waals surface area contributed by atoms with Gasteiger partial charge in [-0.05, 0) is 38.1 Å². The molecule has 0 radical (unpaired) electrons. The largest absolute Gasteiger partial charge is 0.488 e. The van der Waals surface area contributed by atoms with Gasteiger partial charge in [0.2, 0.25) is 0 Å². The lowest BCUT2D eigenvalue weighted by Gasteiger charge is -2.26. The molecule has 0 amide bonds. The molecule has 1 aromatic carbocycles. The average Bonchev–Trinajstić information content (AvgIpc) is 2.61. The molecule has 1 aromatic rings. The first-order valence-electron chi connectivity index (χ1n) is 8.14. The summed E-state index contributed by atoms with van der Waals surface area (Å²) in [6, 6.07) is 6.43. The zero-order chi connectivity index (χ0) is 18.5. The van der Waals surface area contributed by atoms with Crippen molar-refractivity contribution in [3.05, 3.63) is 30.1 Å². The maximum atomic E-state index is 13.2. The molecule has 2 N–H and O–H groups in total. The molecule has 0 spiro atoms. The van der Waals surface area contributed by atoms with E-state index in [0.29, 0.717) is 19.0 Å². The van der Waals surface area contributed by atoms with Gasteiger partial charge in [-0.3, -0.25) is 0 Å². The van der Waals surface area contributed by atoms with Crippen LogP contribution in [-0.4, -0.2) is 66.5 Å². The molecular formula is C17H24FNO6. The molecule has 25 heavy (non-hydrogen) atoms. The Hall–Kier alpha value is -2.19. The second kappa shape index (κ2) is 12.2. The number of carbonyl (C=O) groups is 2. The van der Waals surface area contributed by atoms with Crippen molar-refractivity contribution in [3.63, 3.8) is 0 Å². The van der Waals surface area contributed by atoms with Gasteiger partial charge in [0.1, 0.15) is 6.61 Å². The van der Waals surface area contributed by atoms with Crippen molar-refractivity contribution in [3.8, 4) is 5.75 Å². The smallest absolute Gasteiger partial charge is 0.414 e. The third-order valence-corrected chi connectivity index (χ3v) is 3.51. The van der Waals surface area contributed by atoms with Gasteiger partial charge in [0.25, 0.3) is 0 Å². The molecule has 0 aromatic heterocycles. The average molecular weight is 357 g/mol. The van der Waals surface area contributed by atoms with Gasteiger partial charge in [-0.25, -0.2) is 14.0 Å². The molecule has 0 saturated carbocycles. The van der Waals surface area contributed by atoms with Crippen LogP contribution in [0, 0.1) is 5.82 Å². The summed E-state index contributed by atoms with van der Waals surface area (Å²) < 4.78 is 24.1. The summed E-state index contributed by atoms with van der Waals surface area (Å²) in [6.45, 7) is 4.98. The van der Waals surface area contributed by atoms with E-state index < -0.39 is 11.9 Å². The topological polar surface area (TPSA) is 96.3 Å². The van der Waals surface area contributed by atoms with Crippen molar-refractivity contribution in [2.75, 3.05) is 39.5 Å². The second-order valence-corrected chi connectivity index (χ2v) is 5.40. The standard InChI is InChI=1S/C15H22FNO2.C2H2O4/c16-14-6-2-3-7-15(14)19-13-12-18-11-10-17-8-4-1-5-9-17;3-1(4)2(5)6/h2-3,6-7H,1,4-5,8-13H2;(H,3,4)(H,5,6). The van der Waals surface area contributed by atoms with Gasteiger partial charge in [0, 0.05) is 6.54 Å². The lowest BCUT2D eigenvalue weighted by molar-refractivity contribution is -0.159. The zero-order valence-corrected chi connectivity index (χ0v) is 14.0. The first kappa shape index (κ1) is 20.9. The van der Waals surface area contributed by atoms with Gasteiger partial charge in [-0.15, -0.1) is 0 Å². The van der Waals surface area contributed by atoms with Crippen LogP contribution in [0.25, 0.3) is 0 Å². The molecule has 140 valence electrons. The Morgan fingerprint density at radius 1 is 1.00 bits per heavy atom. The van der Waals surface area contributed by atoms with Crippen LogP contribution in [0.3, 0.4) is 0 Å². The Morgan fingerprint density at radius 3 is 2.24 bits per heavy atom. The molecule has 2 rings (SSSR count). The van der Waals surface area contributed by atoms with E-state index in [9.17, 15) is 4.39 Å². The lowest BCUT2D eigenvalue weighted by atomic mass is 10.1. The van der Waals surface area contributed by atoms with Crippen LogP contribution in [-0.2, 0) is 14.3 Å². The van der Waals surface area contributed by atoms with Crippen LogP contribution in [0.5, 0.6) is 5.75 Å². The summed E-state index contributed by atoms with van der Waals surface area (Å²) in [5.74, 6) is -3.68. The maximum Gasteiger partial charge on any atom is 0.414 e. The van der Waals surface area contributed by atoms with E-state index in [1.54, 1.807) is 18.2 Å². The summed E-state index contributed by atoms with van der Waals surface area (Å²) in [4.78, 5) is 20.6. The van der Waals surface area contributed by atoms with Gasteiger partial charge in [0.15, 0.2) is 11.6 Å². The number of hydrogen-bond donors (Lipinski definition) is 2. The normalized spacial score (nSPS) is 14.3. The highest BCUT2D eigenvalue weighted by molar-refractivity contribution is 6.27. The molecule has 0 unspecified atom stereocenters. The molecule has 1 fully saturated rings. The number of likely N-dealkylation sites (tertiary alicyclic amines) is 1. The summed E-state index contributed by atoms with van der Waals surface area (Å²) >= 11 is 0.